The fourth-order valence-electron chi connectivity index (χ4n) is 4.43. The largest absolute Gasteiger partial charge is 0.318 e. The molecular weight excluding hydrogens is 442 g/mol. The molecule has 0 aliphatic carbocycles. The van der Waals surface area contributed by atoms with Gasteiger partial charge in [0.1, 0.15) is 5.04 Å². The van der Waals surface area contributed by atoms with Crippen LogP contribution in [0.5, 0.6) is 0 Å². The first-order chi connectivity index (χ1) is 16.2. The normalized spacial score (nSPS) is 16.7. The highest BCUT2D eigenvalue weighted by Crippen LogP contribution is 2.33. The van der Waals surface area contributed by atoms with E-state index < -0.39 is 5.91 Å². The Morgan fingerprint density at radius 3 is 2.47 bits per heavy atom. The van der Waals surface area contributed by atoms with Crippen molar-refractivity contribution in [2.45, 2.75) is 34.6 Å². The predicted molar refractivity (Wildman–Crippen MR) is 140 cm³/mol. The van der Waals surface area contributed by atoms with E-state index in [1.807, 2.05) is 44.2 Å². The molecule has 2 aliphatic rings. The molecule has 0 atom stereocenters. The second-order valence-electron chi connectivity index (χ2n) is 8.69. The van der Waals surface area contributed by atoms with Gasteiger partial charge in [-0.25, -0.2) is 0 Å². The Kier molecular flexibility index (Phi) is 5.37. The van der Waals surface area contributed by atoms with Crippen molar-refractivity contribution in [2.75, 3.05) is 0 Å². The minimum absolute atomic E-state index is 0.0439. The van der Waals surface area contributed by atoms with Gasteiger partial charge in [-0.15, -0.1) is 0 Å². The Bertz CT molecular complexity index is 1470. The molecule has 2 aliphatic heterocycles. The number of thioether (sulfide) groups is 1. The Morgan fingerprint density at radius 1 is 0.971 bits per heavy atom. The summed E-state index contributed by atoms with van der Waals surface area (Å²) in [5.41, 5.74) is 8.77. The molecule has 2 aromatic carbocycles. The molecule has 0 radical (unpaired) electrons. The average Bonchev–Trinajstić information content (AvgIpc) is 3.32. The number of aromatic nitrogens is 1. The van der Waals surface area contributed by atoms with Crippen LogP contribution in [0.3, 0.4) is 0 Å². The maximum atomic E-state index is 12.9. The SMILES string of the molecule is Cc1ccc(-n2c(C)cc(/C=C3\C(=N)N4N=C(c5ccccc5C)SC4=NC3=O)c2C)c(C)c1. The van der Waals surface area contributed by atoms with Crippen LogP contribution in [-0.4, -0.2) is 31.5 Å². The van der Waals surface area contributed by atoms with E-state index in [4.69, 9.17) is 5.41 Å². The maximum absolute atomic E-state index is 12.9. The van der Waals surface area contributed by atoms with Crippen molar-refractivity contribution in [1.29, 1.82) is 5.41 Å². The number of aliphatic imine (C=N–C) groups is 1. The van der Waals surface area contributed by atoms with E-state index in [0.717, 1.165) is 38.8 Å². The third kappa shape index (κ3) is 3.62. The van der Waals surface area contributed by atoms with E-state index in [0.29, 0.717) is 5.17 Å². The van der Waals surface area contributed by atoms with Crippen LogP contribution in [0.25, 0.3) is 11.8 Å². The topological polar surface area (TPSA) is 73.8 Å². The third-order valence-corrected chi connectivity index (χ3v) is 7.14. The molecule has 0 saturated heterocycles. The number of amidine groups is 2. The first-order valence-corrected chi connectivity index (χ1v) is 11.9. The zero-order chi connectivity index (χ0) is 24.1. The van der Waals surface area contributed by atoms with Crippen molar-refractivity contribution in [3.05, 3.63) is 93.3 Å². The van der Waals surface area contributed by atoms with Gasteiger partial charge in [0.05, 0.1) is 5.57 Å². The molecule has 1 amide bonds. The van der Waals surface area contributed by atoms with E-state index in [1.165, 1.54) is 27.9 Å². The molecule has 1 aromatic heterocycles. The van der Waals surface area contributed by atoms with Gasteiger partial charge < -0.3 is 4.57 Å². The molecule has 7 heteroatoms. The number of carbonyl (C=O) groups excluding carboxylic acids is 1. The summed E-state index contributed by atoms with van der Waals surface area (Å²) in [6.07, 6.45) is 1.76. The van der Waals surface area contributed by atoms with Gasteiger partial charge >= 0.3 is 0 Å². The zero-order valence-electron chi connectivity index (χ0n) is 19.8. The third-order valence-electron chi connectivity index (χ3n) is 6.19. The minimum atomic E-state index is -0.415. The molecule has 0 bridgehead atoms. The van der Waals surface area contributed by atoms with Crippen molar-refractivity contribution < 1.29 is 4.79 Å². The number of rotatable bonds is 3. The summed E-state index contributed by atoms with van der Waals surface area (Å²) in [4.78, 5) is 17.2. The van der Waals surface area contributed by atoms with E-state index >= 15 is 0 Å². The number of carbonyl (C=O) groups is 1. The van der Waals surface area contributed by atoms with Gasteiger partial charge in [-0.2, -0.15) is 15.1 Å². The molecule has 3 aromatic rings. The van der Waals surface area contributed by atoms with Gasteiger partial charge in [0, 0.05) is 22.6 Å². The fourth-order valence-corrected chi connectivity index (χ4v) is 5.41. The van der Waals surface area contributed by atoms with Gasteiger partial charge in [0.25, 0.3) is 5.91 Å². The molecular formula is C27H25N5OS. The molecule has 1 N–H and O–H groups in total. The van der Waals surface area contributed by atoms with Gasteiger partial charge in [-0.3, -0.25) is 10.2 Å². The van der Waals surface area contributed by atoms with Crippen LogP contribution in [0.4, 0.5) is 0 Å². The average molecular weight is 468 g/mol. The second kappa shape index (κ2) is 8.25. The number of fused-ring (bicyclic) bond motifs is 1. The highest BCUT2D eigenvalue weighted by Gasteiger charge is 2.36. The molecule has 34 heavy (non-hydrogen) atoms. The summed E-state index contributed by atoms with van der Waals surface area (Å²) in [7, 11) is 0. The maximum Gasteiger partial charge on any atom is 0.283 e. The number of aryl methyl sites for hydroxylation is 4. The van der Waals surface area contributed by atoms with Crippen molar-refractivity contribution in [3.8, 4) is 5.69 Å². The number of benzene rings is 2. The van der Waals surface area contributed by atoms with Crippen LogP contribution < -0.4 is 0 Å². The first kappa shape index (κ1) is 22.1. The van der Waals surface area contributed by atoms with Crippen LogP contribution in [0.15, 0.2) is 64.2 Å². The zero-order valence-corrected chi connectivity index (χ0v) is 20.6. The summed E-state index contributed by atoms with van der Waals surface area (Å²) < 4.78 is 2.19. The van der Waals surface area contributed by atoms with E-state index in [9.17, 15) is 4.79 Å². The monoisotopic (exact) mass is 467 g/mol. The highest BCUT2D eigenvalue weighted by molar-refractivity contribution is 8.27. The molecule has 0 saturated carbocycles. The lowest BCUT2D eigenvalue weighted by atomic mass is 10.1. The second-order valence-corrected chi connectivity index (χ2v) is 9.65. The highest BCUT2D eigenvalue weighted by atomic mass is 32.2. The quantitative estimate of drug-likeness (QED) is 0.503. The predicted octanol–water partition coefficient (Wildman–Crippen LogP) is 5.69. The van der Waals surface area contributed by atoms with Crippen LogP contribution in [0.2, 0.25) is 0 Å². The Labute approximate surface area is 203 Å². The van der Waals surface area contributed by atoms with E-state index in [2.05, 4.69) is 53.6 Å². The summed E-state index contributed by atoms with van der Waals surface area (Å²) in [6, 6.07) is 16.4. The van der Waals surface area contributed by atoms with E-state index in [1.54, 1.807) is 6.08 Å². The number of nitrogens with zero attached hydrogens (tertiary/aromatic N) is 4. The molecule has 6 nitrogen and oxygen atoms in total. The van der Waals surface area contributed by atoms with Crippen molar-refractivity contribution >= 4 is 39.8 Å². The molecule has 170 valence electrons. The fraction of sp³-hybridized carbons (Fsp3) is 0.185. The Hall–Kier alpha value is -3.71. The number of amides is 1. The lowest BCUT2D eigenvalue weighted by Crippen LogP contribution is -2.35. The molecule has 0 spiro atoms. The summed E-state index contributed by atoms with van der Waals surface area (Å²) in [5, 5.41) is 16.0. The number of hydrogen-bond acceptors (Lipinski definition) is 4. The number of nitrogens with one attached hydrogen (secondary N) is 1. The van der Waals surface area contributed by atoms with Gasteiger partial charge in [0.2, 0.25) is 5.17 Å². The standard InChI is InChI=1S/C27H25N5OS/c1-15-10-11-23(17(3)12-15)31-18(4)13-20(19(31)5)14-22-24(28)32-27(29-25(22)33)34-26(30-32)21-9-7-6-8-16(21)2/h6-14,28H,1-5H3/b22-14+,28-24?. The van der Waals surface area contributed by atoms with Crippen molar-refractivity contribution in [1.82, 2.24) is 9.58 Å². The van der Waals surface area contributed by atoms with Crippen molar-refractivity contribution in [2.24, 2.45) is 10.1 Å². The van der Waals surface area contributed by atoms with Gasteiger partial charge in [-0.05, 0) is 81.3 Å². The Balaban J connectivity index is 1.53. The van der Waals surface area contributed by atoms with E-state index in [-0.39, 0.29) is 11.4 Å². The molecule has 5 rings (SSSR count). The van der Waals surface area contributed by atoms with Crippen LogP contribution in [-0.2, 0) is 4.79 Å². The summed E-state index contributed by atoms with van der Waals surface area (Å²) >= 11 is 1.32. The van der Waals surface area contributed by atoms with Crippen LogP contribution in [0.1, 0.15) is 39.2 Å². The first-order valence-electron chi connectivity index (χ1n) is 11.1. The minimum Gasteiger partial charge on any atom is -0.318 e. The lowest BCUT2D eigenvalue weighted by molar-refractivity contribution is -0.114. The number of hydrazone groups is 1. The number of hydrogen-bond donors (Lipinski definition) is 1. The summed E-state index contributed by atoms with van der Waals surface area (Å²) in [6.45, 7) is 10.3. The lowest BCUT2D eigenvalue weighted by Gasteiger charge is -2.20. The Morgan fingerprint density at radius 2 is 1.74 bits per heavy atom. The van der Waals surface area contributed by atoms with Gasteiger partial charge in [-0.1, -0.05) is 42.0 Å². The summed E-state index contributed by atoms with van der Waals surface area (Å²) in [5.74, 6) is -0.372. The molecule has 0 fully saturated rings. The smallest absolute Gasteiger partial charge is 0.283 e. The molecule has 0 unspecified atom stereocenters. The van der Waals surface area contributed by atoms with Crippen molar-refractivity contribution in [3.63, 3.8) is 0 Å². The van der Waals surface area contributed by atoms with Crippen LogP contribution in [0, 0.1) is 40.0 Å². The van der Waals surface area contributed by atoms with Gasteiger partial charge in [0.15, 0.2) is 5.84 Å². The molecule has 3 heterocycles. The van der Waals surface area contributed by atoms with Crippen LogP contribution >= 0.6 is 11.8 Å².